The molecule has 0 radical (unpaired) electrons. The van der Waals surface area contributed by atoms with E-state index in [4.69, 9.17) is 24.8 Å². The first-order valence-electron chi connectivity index (χ1n) is 13.3. The van der Waals surface area contributed by atoms with Crippen molar-refractivity contribution < 1.29 is 33.0 Å². The molecule has 14 heteroatoms. The number of nitrogen functional groups attached to an aromatic ring is 1. The zero-order chi connectivity index (χ0) is 29.4. The Balaban J connectivity index is 1.13. The Hall–Kier alpha value is -4.66. The van der Waals surface area contributed by atoms with Gasteiger partial charge in [-0.25, -0.2) is 14.4 Å². The summed E-state index contributed by atoms with van der Waals surface area (Å²) in [6.45, 7) is 2.50. The van der Waals surface area contributed by atoms with Crippen molar-refractivity contribution >= 4 is 35.2 Å². The summed E-state index contributed by atoms with van der Waals surface area (Å²) < 4.78 is 30.0. The molecular formula is C28H30FN7O6. The Bertz CT molecular complexity index is 1410. The number of carbonyl (C=O) groups is 2. The minimum atomic E-state index is -1.18. The fourth-order valence-corrected chi connectivity index (χ4v) is 4.04. The maximum absolute atomic E-state index is 13.1. The minimum Gasteiger partial charge on any atom is -0.438 e. The number of ether oxygens (including phenoxy) is 3. The highest BCUT2D eigenvalue weighted by molar-refractivity contribution is 6.16. The molecule has 0 spiro atoms. The molecule has 220 valence electrons. The number of amides is 2. The molecule has 1 aliphatic heterocycles. The van der Waals surface area contributed by atoms with Crippen molar-refractivity contribution in [2.75, 3.05) is 49.3 Å². The highest BCUT2D eigenvalue weighted by Crippen LogP contribution is 2.47. The third kappa shape index (κ3) is 7.34. The van der Waals surface area contributed by atoms with Crippen molar-refractivity contribution in [2.45, 2.75) is 19.1 Å². The number of nitrogens with two attached hydrogens (primary N) is 1. The summed E-state index contributed by atoms with van der Waals surface area (Å²) in [6, 6.07) is 11.9. The second kappa shape index (κ2) is 13.3. The first-order valence-corrected chi connectivity index (χ1v) is 13.3. The van der Waals surface area contributed by atoms with Crippen LogP contribution in [0.25, 0.3) is 0 Å². The van der Waals surface area contributed by atoms with Gasteiger partial charge in [-0.2, -0.15) is 0 Å². The van der Waals surface area contributed by atoms with Gasteiger partial charge in [-0.3, -0.25) is 9.59 Å². The van der Waals surface area contributed by atoms with Crippen LogP contribution in [0.3, 0.4) is 0 Å². The number of hydrogen-bond donors (Lipinski definition) is 4. The van der Waals surface area contributed by atoms with E-state index in [1.807, 2.05) is 0 Å². The number of rotatable bonds is 12. The lowest BCUT2D eigenvalue weighted by Gasteiger charge is -2.23. The molecule has 2 amide bonds. The normalized spacial score (nSPS) is 17.4. The van der Waals surface area contributed by atoms with Gasteiger partial charge in [-0.1, -0.05) is 5.16 Å². The van der Waals surface area contributed by atoms with Gasteiger partial charge in [0.2, 0.25) is 17.7 Å². The van der Waals surface area contributed by atoms with E-state index < -0.39 is 23.0 Å². The predicted molar refractivity (Wildman–Crippen MR) is 150 cm³/mol. The van der Waals surface area contributed by atoms with E-state index in [0.717, 1.165) is 6.54 Å². The molecule has 0 bridgehead atoms. The summed E-state index contributed by atoms with van der Waals surface area (Å²) in [6.07, 6.45) is 3.12. The average Bonchev–Trinajstić information content (AvgIpc) is 3.81. The molecular weight excluding hydrogens is 549 g/mol. The molecule has 1 atom stereocenters. The van der Waals surface area contributed by atoms with E-state index in [-0.39, 0.29) is 31.2 Å². The van der Waals surface area contributed by atoms with Crippen molar-refractivity contribution in [3.63, 3.8) is 0 Å². The average molecular weight is 580 g/mol. The van der Waals surface area contributed by atoms with Crippen molar-refractivity contribution in [1.29, 1.82) is 0 Å². The van der Waals surface area contributed by atoms with Gasteiger partial charge in [0.15, 0.2) is 6.29 Å². The number of anilines is 3. The standard InChI is InChI=1S/C28H30FN7O6/c29-18-1-3-19(4-2-18)35-26(37)28(9-10-28)27(38)36-20-5-7-21(8-6-20)42-25-22(24(30)32-17-33-25)15-34-41-14-13-40-23-16-31-11-12-39-23/h1-8,15,17,23,31H,9-14,16H2,(H,35,37)(H,36,38)(H2,30,32,33)/b34-15+. The summed E-state index contributed by atoms with van der Waals surface area (Å²) in [5.74, 6) is -0.574. The predicted octanol–water partition coefficient (Wildman–Crippen LogP) is 2.66. The number of oxime groups is 1. The number of carbonyl (C=O) groups excluding carboxylic acids is 2. The fourth-order valence-electron chi connectivity index (χ4n) is 4.04. The SMILES string of the molecule is Nc1ncnc(Oc2ccc(NC(=O)C3(C(=O)Nc4ccc(F)cc4)CC3)cc2)c1/C=N/OCCOC1CNCCO1. The summed E-state index contributed by atoms with van der Waals surface area (Å²) >= 11 is 0. The van der Waals surface area contributed by atoms with Crippen molar-refractivity contribution in [3.8, 4) is 11.6 Å². The zero-order valence-corrected chi connectivity index (χ0v) is 22.5. The van der Waals surface area contributed by atoms with Crippen molar-refractivity contribution in [3.05, 3.63) is 66.2 Å². The van der Waals surface area contributed by atoms with Crippen molar-refractivity contribution in [1.82, 2.24) is 15.3 Å². The van der Waals surface area contributed by atoms with Gasteiger partial charge >= 0.3 is 0 Å². The Morgan fingerprint density at radius 2 is 1.76 bits per heavy atom. The summed E-state index contributed by atoms with van der Waals surface area (Å²) in [5.41, 5.74) is 6.03. The second-order valence-corrected chi connectivity index (χ2v) is 9.54. The first kappa shape index (κ1) is 28.9. The Morgan fingerprint density at radius 1 is 1.07 bits per heavy atom. The van der Waals surface area contributed by atoms with E-state index in [1.54, 1.807) is 24.3 Å². The highest BCUT2D eigenvalue weighted by atomic mass is 19.1. The fraction of sp³-hybridized carbons (Fsp3) is 0.321. The number of hydrogen-bond acceptors (Lipinski definition) is 11. The van der Waals surface area contributed by atoms with Gasteiger partial charge in [-0.05, 0) is 61.4 Å². The molecule has 3 aromatic rings. The molecule has 2 aromatic carbocycles. The molecule has 2 heterocycles. The molecule has 5 N–H and O–H groups in total. The Kier molecular flexibility index (Phi) is 9.16. The smallest absolute Gasteiger partial charge is 0.240 e. The largest absolute Gasteiger partial charge is 0.438 e. The molecule has 13 nitrogen and oxygen atoms in total. The van der Waals surface area contributed by atoms with Crippen LogP contribution in [-0.4, -0.2) is 67.2 Å². The zero-order valence-electron chi connectivity index (χ0n) is 22.5. The lowest BCUT2D eigenvalue weighted by molar-refractivity contribution is -0.160. The lowest BCUT2D eigenvalue weighted by atomic mass is 10.0. The minimum absolute atomic E-state index is 0.141. The van der Waals surface area contributed by atoms with Gasteiger partial charge in [-0.15, -0.1) is 0 Å². The van der Waals surface area contributed by atoms with E-state index in [0.29, 0.717) is 48.7 Å². The van der Waals surface area contributed by atoms with Crippen LogP contribution in [0.1, 0.15) is 18.4 Å². The Labute approximate surface area is 240 Å². The number of aromatic nitrogens is 2. The van der Waals surface area contributed by atoms with Gasteiger partial charge < -0.3 is 40.7 Å². The third-order valence-electron chi connectivity index (χ3n) is 6.55. The van der Waals surface area contributed by atoms with Crippen LogP contribution < -0.4 is 26.4 Å². The van der Waals surface area contributed by atoms with Crippen LogP contribution in [0.5, 0.6) is 11.6 Å². The van der Waals surface area contributed by atoms with Crippen molar-refractivity contribution in [2.24, 2.45) is 10.6 Å². The molecule has 2 aliphatic rings. The first-order chi connectivity index (χ1) is 20.4. The molecule has 42 heavy (non-hydrogen) atoms. The molecule has 1 aromatic heterocycles. The van der Waals surface area contributed by atoms with E-state index in [9.17, 15) is 14.0 Å². The summed E-state index contributed by atoms with van der Waals surface area (Å²) in [7, 11) is 0. The van der Waals surface area contributed by atoms with Crippen LogP contribution >= 0.6 is 0 Å². The van der Waals surface area contributed by atoms with E-state index in [2.05, 4.69) is 31.1 Å². The molecule has 1 unspecified atom stereocenters. The van der Waals surface area contributed by atoms with Gasteiger partial charge in [0.05, 0.1) is 19.4 Å². The van der Waals surface area contributed by atoms with Crippen LogP contribution in [0, 0.1) is 11.2 Å². The van der Waals surface area contributed by atoms with Crippen LogP contribution in [-0.2, 0) is 23.9 Å². The third-order valence-corrected chi connectivity index (χ3v) is 6.55. The quantitative estimate of drug-likeness (QED) is 0.108. The second-order valence-electron chi connectivity index (χ2n) is 9.54. The van der Waals surface area contributed by atoms with E-state index in [1.165, 1.54) is 36.8 Å². The van der Waals surface area contributed by atoms with Crippen LogP contribution in [0.4, 0.5) is 21.6 Å². The molecule has 1 saturated heterocycles. The Morgan fingerprint density at radius 3 is 2.40 bits per heavy atom. The number of benzene rings is 2. The monoisotopic (exact) mass is 579 g/mol. The number of morpholine rings is 1. The topological polar surface area (TPSA) is 171 Å². The highest BCUT2D eigenvalue weighted by Gasteiger charge is 2.56. The van der Waals surface area contributed by atoms with Gasteiger partial charge in [0, 0.05) is 24.5 Å². The van der Waals surface area contributed by atoms with Crippen LogP contribution in [0.15, 0.2) is 60.0 Å². The number of nitrogens with one attached hydrogen (secondary N) is 3. The molecule has 5 rings (SSSR count). The summed E-state index contributed by atoms with van der Waals surface area (Å²) in [5, 5.41) is 12.5. The van der Waals surface area contributed by atoms with Crippen LogP contribution in [0.2, 0.25) is 0 Å². The summed E-state index contributed by atoms with van der Waals surface area (Å²) in [4.78, 5) is 39.1. The molecule has 1 saturated carbocycles. The van der Waals surface area contributed by atoms with Gasteiger partial charge in [0.25, 0.3) is 0 Å². The van der Waals surface area contributed by atoms with Gasteiger partial charge in [0.1, 0.15) is 41.3 Å². The number of halogens is 1. The molecule has 2 fully saturated rings. The number of nitrogens with zero attached hydrogens (tertiary/aromatic N) is 3. The van der Waals surface area contributed by atoms with E-state index >= 15 is 0 Å². The lowest BCUT2D eigenvalue weighted by Crippen LogP contribution is -2.40. The maximum Gasteiger partial charge on any atom is 0.240 e. The molecule has 1 aliphatic carbocycles. The maximum atomic E-state index is 13.1.